The molecule has 0 aliphatic carbocycles. The van der Waals surface area contributed by atoms with Gasteiger partial charge < -0.3 is 26.1 Å². The van der Waals surface area contributed by atoms with Crippen molar-refractivity contribution in [1.29, 1.82) is 5.41 Å². The van der Waals surface area contributed by atoms with Crippen LogP contribution in [0, 0.1) is 12.3 Å². The average molecular weight is 454 g/mol. The molecule has 2 heterocycles. The molecule has 3 aromatic rings. The number of rotatable bonds is 7. The van der Waals surface area contributed by atoms with E-state index in [1.54, 1.807) is 20.2 Å². The molecule has 32 heavy (non-hydrogen) atoms. The van der Waals surface area contributed by atoms with Gasteiger partial charge in [0.25, 0.3) is 0 Å². The summed E-state index contributed by atoms with van der Waals surface area (Å²) in [7, 11) is 5.54. The SMILES string of the molecule is COc1c(C(C)Nc2ncnc(N)c2C(C)=N)cc(Cl)c(C)c1-c1ccnc(N(C)C)c1. The Morgan fingerprint density at radius 3 is 2.59 bits per heavy atom. The molecule has 168 valence electrons. The lowest BCUT2D eigenvalue weighted by molar-refractivity contribution is 0.409. The largest absolute Gasteiger partial charge is 0.496 e. The van der Waals surface area contributed by atoms with Gasteiger partial charge in [0.05, 0.1) is 18.7 Å². The molecule has 0 amide bonds. The molecule has 0 saturated carbocycles. The van der Waals surface area contributed by atoms with Crippen molar-refractivity contribution < 1.29 is 4.74 Å². The number of pyridine rings is 1. The Morgan fingerprint density at radius 2 is 1.97 bits per heavy atom. The highest BCUT2D eigenvalue weighted by Gasteiger charge is 2.23. The fourth-order valence-corrected chi connectivity index (χ4v) is 3.83. The summed E-state index contributed by atoms with van der Waals surface area (Å²) in [6.07, 6.45) is 3.15. The maximum atomic E-state index is 8.05. The minimum absolute atomic E-state index is 0.246. The molecule has 0 saturated heterocycles. The van der Waals surface area contributed by atoms with E-state index in [-0.39, 0.29) is 17.6 Å². The van der Waals surface area contributed by atoms with Gasteiger partial charge in [-0.2, -0.15) is 0 Å². The van der Waals surface area contributed by atoms with Crippen LogP contribution in [-0.4, -0.2) is 41.9 Å². The van der Waals surface area contributed by atoms with E-state index in [4.69, 9.17) is 27.5 Å². The molecule has 8 nitrogen and oxygen atoms in total. The molecule has 0 radical (unpaired) electrons. The number of ether oxygens (including phenoxy) is 1. The van der Waals surface area contributed by atoms with Crippen molar-refractivity contribution in [3.05, 3.63) is 52.4 Å². The van der Waals surface area contributed by atoms with Crippen LogP contribution in [0.4, 0.5) is 17.5 Å². The van der Waals surface area contributed by atoms with Crippen LogP contribution in [-0.2, 0) is 0 Å². The maximum Gasteiger partial charge on any atom is 0.141 e. The number of methoxy groups -OCH3 is 1. The van der Waals surface area contributed by atoms with Crippen LogP contribution in [0.2, 0.25) is 5.02 Å². The van der Waals surface area contributed by atoms with Gasteiger partial charge in [-0.3, -0.25) is 0 Å². The first kappa shape index (κ1) is 23.3. The van der Waals surface area contributed by atoms with Crippen LogP contribution >= 0.6 is 11.6 Å². The normalized spacial score (nSPS) is 11.7. The highest BCUT2D eigenvalue weighted by atomic mass is 35.5. The van der Waals surface area contributed by atoms with Crippen molar-refractivity contribution in [2.45, 2.75) is 26.8 Å². The smallest absolute Gasteiger partial charge is 0.141 e. The summed E-state index contributed by atoms with van der Waals surface area (Å²) in [5.41, 5.74) is 10.4. The number of halogens is 1. The molecule has 3 rings (SSSR count). The van der Waals surface area contributed by atoms with E-state index in [2.05, 4.69) is 20.3 Å². The second-order valence-corrected chi connectivity index (χ2v) is 8.16. The van der Waals surface area contributed by atoms with Gasteiger partial charge in [0.15, 0.2) is 0 Å². The van der Waals surface area contributed by atoms with Gasteiger partial charge in [-0.25, -0.2) is 15.0 Å². The van der Waals surface area contributed by atoms with Crippen LogP contribution in [0.5, 0.6) is 5.75 Å². The number of hydrogen-bond donors (Lipinski definition) is 3. The number of nitrogens with one attached hydrogen (secondary N) is 2. The van der Waals surface area contributed by atoms with Crippen molar-refractivity contribution in [2.75, 3.05) is 37.2 Å². The Bertz CT molecular complexity index is 1160. The molecule has 1 aromatic carbocycles. The fourth-order valence-electron chi connectivity index (χ4n) is 3.61. The minimum atomic E-state index is -0.246. The van der Waals surface area contributed by atoms with E-state index in [1.165, 1.54) is 6.33 Å². The quantitative estimate of drug-likeness (QED) is 0.443. The fraction of sp³-hybridized carbons (Fsp3) is 0.304. The molecular weight excluding hydrogens is 426 g/mol. The van der Waals surface area contributed by atoms with Gasteiger partial charge in [0, 0.05) is 42.2 Å². The Kier molecular flexibility index (Phi) is 6.84. The molecule has 0 aliphatic heterocycles. The van der Waals surface area contributed by atoms with Gasteiger partial charge in [0.1, 0.15) is 29.5 Å². The Balaban J connectivity index is 2.14. The third-order valence-corrected chi connectivity index (χ3v) is 5.67. The molecule has 0 bridgehead atoms. The van der Waals surface area contributed by atoms with Crippen molar-refractivity contribution in [1.82, 2.24) is 15.0 Å². The van der Waals surface area contributed by atoms with E-state index in [0.29, 0.717) is 22.2 Å². The van der Waals surface area contributed by atoms with E-state index in [0.717, 1.165) is 28.1 Å². The molecule has 0 spiro atoms. The number of nitrogens with two attached hydrogens (primary N) is 1. The number of nitrogens with zero attached hydrogens (tertiary/aromatic N) is 4. The van der Waals surface area contributed by atoms with Gasteiger partial charge in [-0.05, 0) is 50.1 Å². The lowest BCUT2D eigenvalue weighted by Gasteiger charge is -2.24. The summed E-state index contributed by atoms with van der Waals surface area (Å²) < 4.78 is 5.89. The first-order valence-corrected chi connectivity index (χ1v) is 10.5. The monoisotopic (exact) mass is 453 g/mol. The molecule has 9 heteroatoms. The summed E-state index contributed by atoms with van der Waals surface area (Å²) in [6.45, 7) is 5.60. The number of aromatic nitrogens is 3. The molecule has 0 fully saturated rings. The topological polar surface area (TPSA) is 113 Å². The molecule has 2 aromatic heterocycles. The standard InChI is InChI=1S/C23H28ClN7O/c1-12-17(24)10-16(14(3)30-23-20(13(2)25)22(26)28-11-29-23)21(32-6)19(12)15-7-8-27-18(9-15)31(4)5/h7-11,14,25H,1-6H3,(H3,26,28,29,30). The van der Waals surface area contributed by atoms with E-state index in [9.17, 15) is 0 Å². The molecule has 4 N–H and O–H groups in total. The second-order valence-electron chi connectivity index (χ2n) is 7.75. The van der Waals surface area contributed by atoms with Gasteiger partial charge in [0.2, 0.25) is 0 Å². The highest BCUT2D eigenvalue weighted by Crippen LogP contribution is 2.43. The third kappa shape index (κ3) is 4.45. The summed E-state index contributed by atoms with van der Waals surface area (Å²) in [6, 6.07) is 5.60. The number of anilines is 3. The zero-order valence-corrected chi connectivity index (χ0v) is 19.9. The minimum Gasteiger partial charge on any atom is -0.496 e. The zero-order valence-electron chi connectivity index (χ0n) is 19.1. The third-order valence-electron chi connectivity index (χ3n) is 5.27. The molecule has 0 aliphatic rings. The Hall–Kier alpha value is -3.39. The maximum absolute atomic E-state index is 8.05. The van der Waals surface area contributed by atoms with Crippen molar-refractivity contribution in [3.63, 3.8) is 0 Å². The van der Waals surface area contributed by atoms with Crippen LogP contribution in [0.15, 0.2) is 30.7 Å². The van der Waals surface area contributed by atoms with Crippen LogP contribution in [0.25, 0.3) is 11.1 Å². The number of hydrogen-bond acceptors (Lipinski definition) is 8. The van der Waals surface area contributed by atoms with Crippen LogP contribution in [0.3, 0.4) is 0 Å². The predicted octanol–water partition coefficient (Wildman–Crippen LogP) is 4.72. The van der Waals surface area contributed by atoms with Crippen molar-refractivity contribution >= 4 is 34.8 Å². The summed E-state index contributed by atoms with van der Waals surface area (Å²) >= 11 is 6.67. The summed E-state index contributed by atoms with van der Waals surface area (Å²) in [5, 5.41) is 12.0. The van der Waals surface area contributed by atoms with Gasteiger partial charge >= 0.3 is 0 Å². The Morgan fingerprint density at radius 1 is 1.25 bits per heavy atom. The lowest BCUT2D eigenvalue weighted by atomic mass is 9.94. The summed E-state index contributed by atoms with van der Waals surface area (Å²) in [4.78, 5) is 14.7. The zero-order chi connectivity index (χ0) is 23.6. The van der Waals surface area contributed by atoms with E-state index >= 15 is 0 Å². The van der Waals surface area contributed by atoms with E-state index in [1.807, 2.05) is 51.0 Å². The number of nitrogen functional groups attached to an aromatic ring is 1. The van der Waals surface area contributed by atoms with Crippen molar-refractivity contribution in [3.8, 4) is 16.9 Å². The molecule has 1 unspecified atom stereocenters. The molecular formula is C23H28ClN7O. The van der Waals surface area contributed by atoms with Crippen LogP contribution in [0.1, 0.15) is 36.6 Å². The lowest BCUT2D eigenvalue weighted by Crippen LogP contribution is -2.15. The highest BCUT2D eigenvalue weighted by molar-refractivity contribution is 6.32. The van der Waals surface area contributed by atoms with E-state index < -0.39 is 0 Å². The summed E-state index contributed by atoms with van der Waals surface area (Å²) in [5.74, 6) is 2.28. The van der Waals surface area contributed by atoms with Crippen molar-refractivity contribution in [2.24, 2.45) is 0 Å². The average Bonchev–Trinajstić information content (AvgIpc) is 2.74. The molecule has 1 atom stereocenters. The van der Waals surface area contributed by atoms with Gasteiger partial charge in [-0.15, -0.1) is 0 Å². The van der Waals surface area contributed by atoms with Crippen LogP contribution < -0.4 is 20.7 Å². The Labute approximate surface area is 193 Å². The first-order chi connectivity index (χ1) is 15.1. The predicted molar refractivity (Wildman–Crippen MR) is 131 cm³/mol. The first-order valence-electron chi connectivity index (χ1n) is 10.1. The van der Waals surface area contributed by atoms with Gasteiger partial charge in [-0.1, -0.05) is 11.6 Å². The number of benzene rings is 1. The second kappa shape index (κ2) is 9.40.